The van der Waals surface area contributed by atoms with Gasteiger partial charge in [0.15, 0.2) is 0 Å². The highest BCUT2D eigenvalue weighted by atomic mass is 16.2. The minimum absolute atomic E-state index is 0.0258. The smallest absolute Gasteiger partial charge is 0.223 e. The number of aromatic nitrogens is 3. The lowest BCUT2D eigenvalue weighted by Gasteiger charge is -2.34. The molecule has 0 bridgehead atoms. The van der Waals surface area contributed by atoms with Gasteiger partial charge in [-0.05, 0) is 25.0 Å². The van der Waals surface area contributed by atoms with Gasteiger partial charge >= 0.3 is 0 Å². The normalized spacial score (nSPS) is 19.7. The number of fused-ring (bicyclic) bond motifs is 1. The van der Waals surface area contributed by atoms with Crippen molar-refractivity contribution in [3.63, 3.8) is 0 Å². The molecule has 2 aliphatic rings. The topological polar surface area (TPSA) is 91.0 Å². The molecule has 2 aromatic rings. The van der Waals surface area contributed by atoms with Gasteiger partial charge in [0, 0.05) is 43.7 Å². The van der Waals surface area contributed by atoms with Crippen LogP contribution in [0.3, 0.4) is 0 Å². The van der Waals surface area contributed by atoms with Gasteiger partial charge in [-0.2, -0.15) is 0 Å². The second-order valence-electron chi connectivity index (χ2n) is 7.31. The maximum atomic E-state index is 12.9. The maximum Gasteiger partial charge on any atom is 0.223 e. The average molecular weight is 367 g/mol. The van der Waals surface area contributed by atoms with Gasteiger partial charge in [0.05, 0.1) is 17.7 Å². The number of pyridine rings is 1. The molecule has 0 spiro atoms. The SMILES string of the molecule is O=C(CCC(=O)N1CCc2[nH]cnc2C1c1ccccn1)NC1CCCC1. The fraction of sp³-hybridized carbons (Fsp3) is 0.500. The Morgan fingerprint density at radius 2 is 2.04 bits per heavy atom. The van der Waals surface area contributed by atoms with Gasteiger partial charge in [0.2, 0.25) is 11.8 Å². The molecular weight excluding hydrogens is 342 g/mol. The van der Waals surface area contributed by atoms with Crippen LogP contribution in [-0.2, 0) is 16.0 Å². The first kappa shape index (κ1) is 17.7. The first-order chi connectivity index (χ1) is 13.2. The first-order valence-corrected chi connectivity index (χ1v) is 9.74. The van der Waals surface area contributed by atoms with Gasteiger partial charge in [-0.1, -0.05) is 18.9 Å². The molecule has 3 heterocycles. The number of aromatic amines is 1. The van der Waals surface area contributed by atoms with Crippen molar-refractivity contribution in [1.29, 1.82) is 0 Å². The Morgan fingerprint density at radius 1 is 1.19 bits per heavy atom. The molecule has 1 unspecified atom stereocenters. The van der Waals surface area contributed by atoms with E-state index < -0.39 is 0 Å². The minimum atomic E-state index is -0.299. The molecular formula is C20H25N5O2. The summed E-state index contributed by atoms with van der Waals surface area (Å²) in [6, 6.07) is 5.68. The van der Waals surface area contributed by atoms with Gasteiger partial charge in [0.1, 0.15) is 6.04 Å². The molecule has 1 aliphatic heterocycles. The molecule has 1 fully saturated rings. The fourth-order valence-electron chi connectivity index (χ4n) is 4.12. The highest BCUT2D eigenvalue weighted by molar-refractivity contribution is 5.84. The predicted octanol–water partition coefficient (Wildman–Crippen LogP) is 2.12. The van der Waals surface area contributed by atoms with Gasteiger partial charge in [-0.25, -0.2) is 4.98 Å². The lowest BCUT2D eigenvalue weighted by atomic mass is 9.98. The molecule has 0 radical (unpaired) electrons. The second kappa shape index (κ2) is 7.90. The standard InChI is InChI=1S/C20H25N5O2/c26-17(24-14-5-1-2-6-14)8-9-18(27)25-12-10-15-19(23-13-22-15)20(25)16-7-3-4-11-21-16/h3-4,7,11,13-14,20H,1-2,5-6,8-10,12H2,(H,22,23)(H,24,26). The van der Waals surface area contributed by atoms with Crippen molar-refractivity contribution in [1.82, 2.24) is 25.2 Å². The molecule has 7 nitrogen and oxygen atoms in total. The third-order valence-corrected chi connectivity index (χ3v) is 5.50. The van der Waals surface area contributed by atoms with Crippen LogP contribution in [0.1, 0.15) is 61.6 Å². The van der Waals surface area contributed by atoms with E-state index in [1.807, 2.05) is 23.1 Å². The number of hydrogen-bond acceptors (Lipinski definition) is 4. The van der Waals surface area contributed by atoms with Gasteiger partial charge in [0.25, 0.3) is 0 Å². The largest absolute Gasteiger partial charge is 0.353 e. The van der Waals surface area contributed by atoms with Crippen LogP contribution in [0, 0.1) is 0 Å². The molecule has 4 rings (SSSR count). The first-order valence-electron chi connectivity index (χ1n) is 9.74. The van der Waals surface area contributed by atoms with E-state index in [9.17, 15) is 9.59 Å². The summed E-state index contributed by atoms with van der Waals surface area (Å²) in [6.45, 7) is 0.597. The average Bonchev–Trinajstić information content (AvgIpc) is 3.37. The van der Waals surface area contributed by atoms with E-state index in [0.717, 1.165) is 36.3 Å². The van der Waals surface area contributed by atoms with Gasteiger partial charge in [-0.3, -0.25) is 14.6 Å². The van der Waals surface area contributed by atoms with E-state index in [0.29, 0.717) is 6.54 Å². The van der Waals surface area contributed by atoms with Crippen molar-refractivity contribution >= 4 is 11.8 Å². The summed E-state index contributed by atoms with van der Waals surface area (Å²) in [5.74, 6) is -0.0528. The molecule has 1 saturated carbocycles. The Bertz CT molecular complexity index is 798. The molecule has 2 aromatic heterocycles. The van der Waals surface area contributed by atoms with E-state index in [-0.39, 0.29) is 36.7 Å². The van der Waals surface area contributed by atoms with Crippen LogP contribution in [0.4, 0.5) is 0 Å². The van der Waals surface area contributed by atoms with Crippen molar-refractivity contribution in [2.45, 2.75) is 57.0 Å². The van der Waals surface area contributed by atoms with Crippen LogP contribution in [0.2, 0.25) is 0 Å². The zero-order valence-corrected chi connectivity index (χ0v) is 15.4. The minimum Gasteiger partial charge on any atom is -0.353 e. The van der Waals surface area contributed by atoms with E-state index in [1.165, 1.54) is 12.8 Å². The van der Waals surface area contributed by atoms with E-state index in [4.69, 9.17) is 0 Å². The molecule has 0 saturated heterocycles. The fourth-order valence-corrected chi connectivity index (χ4v) is 4.12. The van der Waals surface area contributed by atoms with E-state index in [1.54, 1.807) is 12.5 Å². The Balaban J connectivity index is 1.44. The van der Waals surface area contributed by atoms with Crippen LogP contribution in [0.25, 0.3) is 0 Å². The number of imidazole rings is 1. The third-order valence-electron chi connectivity index (χ3n) is 5.50. The van der Waals surface area contributed by atoms with E-state index >= 15 is 0 Å². The Kier molecular flexibility index (Phi) is 5.18. The predicted molar refractivity (Wildman–Crippen MR) is 99.7 cm³/mol. The Labute approximate surface area is 158 Å². The lowest BCUT2D eigenvalue weighted by molar-refractivity contribution is -0.135. The lowest BCUT2D eigenvalue weighted by Crippen LogP contribution is -2.41. The van der Waals surface area contributed by atoms with Crippen LogP contribution in [0.15, 0.2) is 30.7 Å². The molecule has 7 heteroatoms. The number of hydrogen-bond donors (Lipinski definition) is 2. The molecule has 1 aliphatic carbocycles. The summed E-state index contributed by atoms with van der Waals surface area (Å²) in [7, 11) is 0. The second-order valence-corrected chi connectivity index (χ2v) is 7.31. The van der Waals surface area contributed by atoms with Crippen molar-refractivity contribution in [2.24, 2.45) is 0 Å². The number of amides is 2. The van der Waals surface area contributed by atoms with Crippen LogP contribution in [-0.4, -0.2) is 44.3 Å². The summed E-state index contributed by atoms with van der Waals surface area (Å²) < 4.78 is 0. The quantitative estimate of drug-likeness (QED) is 0.847. The van der Waals surface area contributed by atoms with Gasteiger partial charge in [-0.15, -0.1) is 0 Å². The van der Waals surface area contributed by atoms with Gasteiger partial charge < -0.3 is 15.2 Å². The molecule has 142 valence electrons. The summed E-state index contributed by atoms with van der Waals surface area (Å²) >= 11 is 0. The van der Waals surface area contributed by atoms with Crippen LogP contribution in [0.5, 0.6) is 0 Å². The number of carbonyl (C=O) groups excluding carboxylic acids is 2. The van der Waals surface area contributed by atoms with Crippen LogP contribution >= 0.6 is 0 Å². The summed E-state index contributed by atoms with van der Waals surface area (Å²) in [5.41, 5.74) is 2.70. The summed E-state index contributed by atoms with van der Waals surface area (Å²) in [6.07, 6.45) is 9.03. The van der Waals surface area contributed by atoms with Crippen LogP contribution < -0.4 is 5.32 Å². The third kappa shape index (κ3) is 3.86. The zero-order chi connectivity index (χ0) is 18.6. The Hall–Kier alpha value is -2.70. The molecule has 27 heavy (non-hydrogen) atoms. The van der Waals surface area contributed by atoms with Crippen molar-refractivity contribution in [3.8, 4) is 0 Å². The molecule has 2 N–H and O–H groups in total. The summed E-state index contributed by atoms with van der Waals surface area (Å²) in [5, 5.41) is 3.05. The Morgan fingerprint density at radius 3 is 2.81 bits per heavy atom. The number of nitrogens with zero attached hydrogens (tertiary/aromatic N) is 3. The number of nitrogens with one attached hydrogen (secondary N) is 2. The van der Waals surface area contributed by atoms with Crippen molar-refractivity contribution in [2.75, 3.05) is 6.54 Å². The highest BCUT2D eigenvalue weighted by Gasteiger charge is 2.34. The number of rotatable bonds is 5. The van der Waals surface area contributed by atoms with Crippen molar-refractivity contribution in [3.05, 3.63) is 47.8 Å². The summed E-state index contributed by atoms with van der Waals surface area (Å²) in [4.78, 5) is 39.0. The maximum absolute atomic E-state index is 12.9. The van der Waals surface area contributed by atoms with Crippen molar-refractivity contribution < 1.29 is 9.59 Å². The molecule has 1 atom stereocenters. The highest BCUT2D eigenvalue weighted by Crippen LogP contribution is 2.32. The number of carbonyl (C=O) groups is 2. The molecule has 0 aromatic carbocycles. The zero-order valence-electron chi connectivity index (χ0n) is 15.4. The van der Waals surface area contributed by atoms with E-state index in [2.05, 4.69) is 20.3 Å². The molecule has 2 amide bonds. The monoisotopic (exact) mass is 367 g/mol. The number of H-pyrrole nitrogens is 1.